The first-order valence-electron chi connectivity index (χ1n) is 6.00. The Kier molecular flexibility index (Phi) is 2.04. The van der Waals surface area contributed by atoms with Gasteiger partial charge >= 0.3 is 0 Å². The summed E-state index contributed by atoms with van der Waals surface area (Å²) in [6.45, 7) is 4.84. The number of nitrogens with zero attached hydrogens (tertiary/aromatic N) is 1. The molecule has 3 fully saturated rings. The molecule has 84 valence electrons. The Morgan fingerprint density at radius 3 is 2.87 bits per heavy atom. The van der Waals surface area contributed by atoms with E-state index in [0.29, 0.717) is 6.04 Å². The molecular weight excluding hydrogens is 190 g/mol. The van der Waals surface area contributed by atoms with Crippen LogP contribution in [0.3, 0.4) is 0 Å². The molecule has 3 aliphatic rings. The topological polar surface area (TPSA) is 44.4 Å². The van der Waals surface area contributed by atoms with Crippen LogP contribution >= 0.6 is 0 Å². The van der Waals surface area contributed by atoms with E-state index < -0.39 is 0 Å². The molecule has 15 heavy (non-hydrogen) atoms. The standard InChI is InChI=1S/C11H19N3O/c1-8-6-11(7-14(8)9-2-3-9)10(15)12-4-5-13-11/h8-9,13H,2-7H2,1H3,(H,12,15). The van der Waals surface area contributed by atoms with Crippen molar-refractivity contribution in [2.24, 2.45) is 0 Å². The number of rotatable bonds is 1. The van der Waals surface area contributed by atoms with E-state index >= 15 is 0 Å². The fraction of sp³-hybridized carbons (Fsp3) is 0.909. The van der Waals surface area contributed by atoms with Crippen LogP contribution in [0.2, 0.25) is 0 Å². The minimum atomic E-state index is -0.278. The van der Waals surface area contributed by atoms with Crippen LogP contribution in [0.1, 0.15) is 26.2 Å². The van der Waals surface area contributed by atoms with E-state index in [1.165, 1.54) is 12.8 Å². The maximum absolute atomic E-state index is 12.0. The summed E-state index contributed by atoms with van der Waals surface area (Å²) < 4.78 is 0. The Bertz CT molecular complexity index is 290. The third-order valence-electron chi connectivity index (χ3n) is 3.99. The molecule has 3 rings (SSSR count). The van der Waals surface area contributed by atoms with Crippen LogP contribution in [0.25, 0.3) is 0 Å². The highest BCUT2D eigenvalue weighted by Crippen LogP contribution is 2.37. The summed E-state index contributed by atoms with van der Waals surface area (Å²) >= 11 is 0. The van der Waals surface area contributed by atoms with Gasteiger partial charge in [-0.3, -0.25) is 9.69 Å². The fourth-order valence-electron chi connectivity index (χ4n) is 3.07. The van der Waals surface area contributed by atoms with E-state index in [2.05, 4.69) is 22.5 Å². The summed E-state index contributed by atoms with van der Waals surface area (Å²) in [6, 6.07) is 1.31. The van der Waals surface area contributed by atoms with Crippen molar-refractivity contribution in [1.29, 1.82) is 0 Å². The normalized spacial score (nSPS) is 42.2. The lowest BCUT2D eigenvalue weighted by atomic mass is 9.93. The second-order valence-corrected chi connectivity index (χ2v) is 5.22. The van der Waals surface area contributed by atoms with Gasteiger partial charge in [0.05, 0.1) is 0 Å². The van der Waals surface area contributed by atoms with Gasteiger partial charge in [0.15, 0.2) is 0 Å². The minimum absolute atomic E-state index is 0.212. The number of likely N-dealkylation sites (tertiary alicyclic amines) is 1. The van der Waals surface area contributed by atoms with Crippen molar-refractivity contribution in [3.8, 4) is 0 Å². The van der Waals surface area contributed by atoms with Crippen LogP contribution < -0.4 is 10.6 Å². The van der Waals surface area contributed by atoms with Crippen LogP contribution in [0.5, 0.6) is 0 Å². The lowest BCUT2D eigenvalue weighted by molar-refractivity contribution is -0.128. The molecule has 2 saturated heterocycles. The van der Waals surface area contributed by atoms with Crippen molar-refractivity contribution in [1.82, 2.24) is 15.5 Å². The SMILES string of the molecule is CC1CC2(CN1C1CC1)NCCNC2=O. The first kappa shape index (κ1) is 9.60. The summed E-state index contributed by atoms with van der Waals surface area (Å²) in [5.41, 5.74) is -0.278. The molecule has 1 saturated carbocycles. The third kappa shape index (κ3) is 1.47. The highest BCUT2D eigenvalue weighted by molar-refractivity contribution is 5.88. The fourth-order valence-corrected chi connectivity index (χ4v) is 3.07. The van der Waals surface area contributed by atoms with E-state index in [1.54, 1.807) is 0 Å². The number of piperazine rings is 1. The molecule has 2 unspecified atom stereocenters. The van der Waals surface area contributed by atoms with Gasteiger partial charge < -0.3 is 10.6 Å². The molecule has 4 nitrogen and oxygen atoms in total. The Labute approximate surface area is 90.4 Å². The predicted molar refractivity (Wildman–Crippen MR) is 57.6 cm³/mol. The zero-order chi connectivity index (χ0) is 10.5. The first-order valence-corrected chi connectivity index (χ1v) is 6.00. The monoisotopic (exact) mass is 209 g/mol. The largest absolute Gasteiger partial charge is 0.353 e. The molecular formula is C11H19N3O. The van der Waals surface area contributed by atoms with Crippen LogP contribution in [-0.4, -0.2) is 48.1 Å². The molecule has 0 aromatic heterocycles. The molecule has 2 heterocycles. The summed E-state index contributed by atoms with van der Waals surface area (Å²) in [5.74, 6) is 0.212. The van der Waals surface area contributed by atoms with Gasteiger partial charge in [-0.1, -0.05) is 0 Å². The maximum Gasteiger partial charge on any atom is 0.241 e. The summed E-state index contributed by atoms with van der Waals surface area (Å²) in [7, 11) is 0. The van der Waals surface area contributed by atoms with Gasteiger partial charge in [0.1, 0.15) is 5.54 Å². The van der Waals surface area contributed by atoms with Gasteiger partial charge in [-0.25, -0.2) is 0 Å². The van der Waals surface area contributed by atoms with Crippen LogP contribution in [0.4, 0.5) is 0 Å². The molecule has 0 bridgehead atoms. The Morgan fingerprint density at radius 2 is 2.20 bits per heavy atom. The molecule has 4 heteroatoms. The molecule has 2 atom stereocenters. The molecule has 1 amide bonds. The highest BCUT2D eigenvalue weighted by atomic mass is 16.2. The molecule has 0 radical (unpaired) electrons. The van der Waals surface area contributed by atoms with Crippen LogP contribution in [0.15, 0.2) is 0 Å². The Morgan fingerprint density at radius 1 is 1.40 bits per heavy atom. The number of nitrogens with one attached hydrogen (secondary N) is 2. The molecule has 1 spiro atoms. The highest BCUT2D eigenvalue weighted by Gasteiger charge is 2.51. The summed E-state index contributed by atoms with van der Waals surface area (Å²) in [4.78, 5) is 14.5. The number of hydrogen-bond donors (Lipinski definition) is 2. The number of hydrogen-bond acceptors (Lipinski definition) is 3. The number of carbonyl (C=O) groups excluding carboxylic acids is 1. The first-order chi connectivity index (χ1) is 7.21. The van der Waals surface area contributed by atoms with Crippen molar-refractivity contribution >= 4 is 5.91 Å². The van der Waals surface area contributed by atoms with Crippen molar-refractivity contribution in [3.05, 3.63) is 0 Å². The van der Waals surface area contributed by atoms with E-state index in [1.807, 2.05) is 0 Å². The lowest BCUT2D eigenvalue weighted by Crippen LogP contribution is -2.64. The van der Waals surface area contributed by atoms with Crippen LogP contribution in [-0.2, 0) is 4.79 Å². The molecule has 0 aromatic rings. The van der Waals surface area contributed by atoms with Crippen molar-refractivity contribution in [3.63, 3.8) is 0 Å². The average molecular weight is 209 g/mol. The lowest BCUT2D eigenvalue weighted by Gasteiger charge is -2.33. The van der Waals surface area contributed by atoms with Gasteiger partial charge in [-0.15, -0.1) is 0 Å². The molecule has 2 aliphatic heterocycles. The van der Waals surface area contributed by atoms with Gasteiger partial charge in [0.2, 0.25) is 5.91 Å². The molecule has 2 N–H and O–H groups in total. The average Bonchev–Trinajstić information content (AvgIpc) is 2.98. The van der Waals surface area contributed by atoms with E-state index in [-0.39, 0.29) is 11.4 Å². The minimum Gasteiger partial charge on any atom is -0.353 e. The second kappa shape index (κ2) is 3.19. The van der Waals surface area contributed by atoms with Crippen molar-refractivity contribution in [2.75, 3.05) is 19.6 Å². The summed E-state index contributed by atoms with van der Waals surface area (Å²) in [6.07, 6.45) is 3.61. The third-order valence-corrected chi connectivity index (χ3v) is 3.99. The van der Waals surface area contributed by atoms with Gasteiger partial charge in [0.25, 0.3) is 0 Å². The molecule has 1 aliphatic carbocycles. The number of carbonyl (C=O) groups is 1. The Balaban J connectivity index is 1.78. The van der Waals surface area contributed by atoms with Crippen molar-refractivity contribution in [2.45, 2.75) is 43.8 Å². The molecule has 0 aromatic carbocycles. The van der Waals surface area contributed by atoms with E-state index in [0.717, 1.165) is 32.1 Å². The van der Waals surface area contributed by atoms with Crippen LogP contribution in [0, 0.1) is 0 Å². The maximum atomic E-state index is 12.0. The second-order valence-electron chi connectivity index (χ2n) is 5.22. The zero-order valence-electron chi connectivity index (χ0n) is 9.25. The predicted octanol–water partition coefficient (Wildman–Crippen LogP) is -0.299. The Hall–Kier alpha value is -0.610. The zero-order valence-corrected chi connectivity index (χ0v) is 9.25. The van der Waals surface area contributed by atoms with E-state index in [9.17, 15) is 4.79 Å². The number of amides is 1. The van der Waals surface area contributed by atoms with E-state index in [4.69, 9.17) is 0 Å². The van der Waals surface area contributed by atoms with Gasteiger partial charge in [-0.2, -0.15) is 0 Å². The smallest absolute Gasteiger partial charge is 0.241 e. The van der Waals surface area contributed by atoms with Gasteiger partial charge in [-0.05, 0) is 26.2 Å². The quantitative estimate of drug-likeness (QED) is 0.623. The summed E-state index contributed by atoms with van der Waals surface area (Å²) in [5, 5.41) is 6.42. The van der Waals surface area contributed by atoms with Gasteiger partial charge in [0, 0.05) is 31.7 Å². The van der Waals surface area contributed by atoms with Crippen molar-refractivity contribution < 1.29 is 4.79 Å².